The zero-order valence-electron chi connectivity index (χ0n) is 19.5. The molecule has 0 aromatic heterocycles. The molecule has 1 heterocycles. The van der Waals surface area contributed by atoms with Crippen LogP contribution in [0, 0.1) is 6.92 Å². The molecule has 5 heteroatoms. The van der Waals surface area contributed by atoms with E-state index < -0.39 is 0 Å². The van der Waals surface area contributed by atoms with Gasteiger partial charge in [-0.05, 0) is 73.4 Å². The number of amides is 2. The number of benzene rings is 4. The number of nitrogens with zero attached hydrogens (tertiary/aromatic N) is 1. The molecule has 0 bridgehead atoms. The number of carbonyl (C=O) groups is 2. The van der Waals surface area contributed by atoms with Gasteiger partial charge in [-0.25, -0.2) is 0 Å². The number of imide groups is 1. The zero-order chi connectivity index (χ0) is 23.7. The first kappa shape index (κ1) is 22.0. The Balaban J connectivity index is 1.25. The van der Waals surface area contributed by atoms with Gasteiger partial charge in [-0.2, -0.15) is 0 Å². The summed E-state index contributed by atoms with van der Waals surface area (Å²) in [6.45, 7) is 3.07. The van der Waals surface area contributed by atoms with Gasteiger partial charge in [-0.3, -0.25) is 14.5 Å². The summed E-state index contributed by atoms with van der Waals surface area (Å²) in [6, 6.07) is 21.6. The molecule has 172 valence electrons. The SMILES string of the molecule is COc1ccc2cc3ccc(C)cc3c(OCCCCCN3C(=O)c4ccccc4C3=O)c2c1. The highest BCUT2D eigenvalue weighted by Gasteiger charge is 2.34. The van der Waals surface area contributed by atoms with Gasteiger partial charge in [0.1, 0.15) is 11.5 Å². The molecule has 4 aromatic rings. The number of unbranched alkanes of at least 4 members (excludes halogenated alkanes) is 2. The molecule has 0 radical (unpaired) electrons. The fourth-order valence-electron chi connectivity index (χ4n) is 4.61. The first-order valence-corrected chi connectivity index (χ1v) is 11.7. The fraction of sp³-hybridized carbons (Fsp3) is 0.241. The van der Waals surface area contributed by atoms with Crippen LogP contribution in [0.1, 0.15) is 45.5 Å². The number of rotatable bonds is 8. The molecule has 0 saturated heterocycles. The zero-order valence-corrected chi connectivity index (χ0v) is 19.5. The third-order valence-corrected chi connectivity index (χ3v) is 6.42. The summed E-state index contributed by atoms with van der Waals surface area (Å²) < 4.78 is 11.8. The Hall–Kier alpha value is -3.86. The molecule has 1 aliphatic heterocycles. The molecule has 0 fully saturated rings. The van der Waals surface area contributed by atoms with Crippen molar-refractivity contribution in [3.8, 4) is 11.5 Å². The first-order chi connectivity index (χ1) is 16.6. The molecule has 0 saturated carbocycles. The highest BCUT2D eigenvalue weighted by Crippen LogP contribution is 2.37. The number of ether oxygens (including phenoxy) is 2. The van der Waals surface area contributed by atoms with Crippen LogP contribution in [-0.2, 0) is 0 Å². The number of hydrogen-bond acceptors (Lipinski definition) is 4. The topological polar surface area (TPSA) is 55.8 Å². The molecule has 4 aromatic carbocycles. The molecule has 1 aliphatic rings. The van der Waals surface area contributed by atoms with Gasteiger partial charge in [0.2, 0.25) is 0 Å². The summed E-state index contributed by atoms with van der Waals surface area (Å²) in [5.74, 6) is 1.28. The summed E-state index contributed by atoms with van der Waals surface area (Å²) in [6.07, 6.45) is 2.44. The lowest BCUT2D eigenvalue weighted by molar-refractivity contribution is 0.0651. The number of aryl methyl sites for hydroxylation is 1. The monoisotopic (exact) mass is 453 g/mol. The Bertz CT molecular complexity index is 1370. The quantitative estimate of drug-likeness (QED) is 0.182. The number of fused-ring (bicyclic) bond motifs is 3. The van der Waals surface area contributed by atoms with Crippen molar-refractivity contribution in [1.82, 2.24) is 4.90 Å². The van der Waals surface area contributed by atoms with E-state index in [0.717, 1.165) is 52.3 Å². The van der Waals surface area contributed by atoms with Gasteiger partial charge in [0.25, 0.3) is 11.8 Å². The first-order valence-electron chi connectivity index (χ1n) is 11.7. The Morgan fingerprint density at radius 2 is 1.44 bits per heavy atom. The summed E-state index contributed by atoms with van der Waals surface area (Å²) in [5, 5.41) is 4.37. The van der Waals surface area contributed by atoms with Crippen molar-refractivity contribution in [1.29, 1.82) is 0 Å². The maximum Gasteiger partial charge on any atom is 0.261 e. The Morgan fingerprint density at radius 3 is 2.15 bits per heavy atom. The Kier molecular flexibility index (Phi) is 5.93. The standard InChI is InChI=1S/C29H27NO4/c1-19-10-11-20-17-21-12-13-22(33-2)18-26(21)27(25(20)16-19)34-15-7-3-6-14-30-28(31)23-8-4-5-9-24(23)29(30)32/h4-5,8-13,16-18H,3,6-7,14-15H2,1-2H3. The van der Waals surface area contributed by atoms with Crippen LogP contribution >= 0.6 is 0 Å². The second-order valence-corrected chi connectivity index (χ2v) is 8.73. The lowest BCUT2D eigenvalue weighted by Gasteiger charge is -2.15. The Morgan fingerprint density at radius 1 is 0.765 bits per heavy atom. The highest BCUT2D eigenvalue weighted by molar-refractivity contribution is 6.21. The van der Waals surface area contributed by atoms with Crippen molar-refractivity contribution in [2.75, 3.05) is 20.3 Å². The normalized spacial score (nSPS) is 13.1. The van der Waals surface area contributed by atoms with E-state index in [1.807, 2.05) is 12.1 Å². The van der Waals surface area contributed by atoms with E-state index in [1.54, 1.807) is 31.4 Å². The van der Waals surface area contributed by atoms with E-state index in [1.165, 1.54) is 10.5 Å². The van der Waals surface area contributed by atoms with Crippen LogP contribution in [0.4, 0.5) is 0 Å². The van der Waals surface area contributed by atoms with Crippen molar-refractivity contribution < 1.29 is 19.1 Å². The molecule has 0 unspecified atom stereocenters. The molecule has 34 heavy (non-hydrogen) atoms. The summed E-state index contributed by atoms with van der Waals surface area (Å²) in [7, 11) is 1.67. The van der Waals surface area contributed by atoms with Crippen LogP contribution in [0.5, 0.6) is 11.5 Å². The van der Waals surface area contributed by atoms with Crippen LogP contribution in [0.3, 0.4) is 0 Å². The van der Waals surface area contributed by atoms with Crippen molar-refractivity contribution in [2.24, 2.45) is 0 Å². The van der Waals surface area contributed by atoms with Crippen LogP contribution < -0.4 is 9.47 Å². The van der Waals surface area contributed by atoms with Crippen LogP contribution in [0.15, 0.2) is 66.7 Å². The number of hydrogen-bond donors (Lipinski definition) is 0. The van der Waals surface area contributed by atoms with E-state index in [-0.39, 0.29) is 11.8 Å². The maximum atomic E-state index is 12.5. The average molecular weight is 454 g/mol. The second kappa shape index (κ2) is 9.18. The van der Waals surface area contributed by atoms with Gasteiger partial charge in [-0.1, -0.05) is 35.9 Å². The van der Waals surface area contributed by atoms with E-state index in [9.17, 15) is 9.59 Å². The van der Waals surface area contributed by atoms with Gasteiger partial charge >= 0.3 is 0 Å². The van der Waals surface area contributed by atoms with E-state index in [2.05, 4.69) is 37.3 Å². The molecule has 0 aliphatic carbocycles. The molecule has 2 amide bonds. The molecule has 5 rings (SSSR count). The summed E-state index contributed by atoms with van der Waals surface area (Å²) >= 11 is 0. The molecule has 0 N–H and O–H groups in total. The smallest absolute Gasteiger partial charge is 0.261 e. The second-order valence-electron chi connectivity index (χ2n) is 8.73. The van der Waals surface area contributed by atoms with Crippen molar-refractivity contribution in [2.45, 2.75) is 26.2 Å². The van der Waals surface area contributed by atoms with Crippen molar-refractivity contribution in [3.05, 3.63) is 83.4 Å². The Labute approximate surface area is 198 Å². The van der Waals surface area contributed by atoms with Crippen LogP contribution in [-0.4, -0.2) is 37.0 Å². The fourth-order valence-corrected chi connectivity index (χ4v) is 4.61. The van der Waals surface area contributed by atoms with E-state index >= 15 is 0 Å². The minimum atomic E-state index is -0.191. The minimum Gasteiger partial charge on any atom is -0.497 e. The molecular formula is C29H27NO4. The van der Waals surface area contributed by atoms with E-state index in [4.69, 9.17) is 9.47 Å². The van der Waals surface area contributed by atoms with Crippen molar-refractivity contribution in [3.63, 3.8) is 0 Å². The maximum absolute atomic E-state index is 12.5. The summed E-state index contributed by atoms with van der Waals surface area (Å²) in [5.41, 5.74) is 2.19. The van der Waals surface area contributed by atoms with Crippen molar-refractivity contribution >= 4 is 33.4 Å². The molecule has 0 spiro atoms. The van der Waals surface area contributed by atoms with Crippen LogP contribution in [0.2, 0.25) is 0 Å². The van der Waals surface area contributed by atoms with Gasteiger partial charge in [-0.15, -0.1) is 0 Å². The van der Waals surface area contributed by atoms with E-state index in [0.29, 0.717) is 24.3 Å². The minimum absolute atomic E-state index is 0.191. The molecule has 0 atom stereocenters. The largest absolute Gasteiger partial charge is 0.497 e. The van der Waals surface area contributed by atoms with Gasteiger partial charge in [0, 0.05) is 17.3 Å². The van der Waals surface area contributed by atoms with Crippen LogP contribution in [0.25, 0.3) is 21.5 Å². The molecular weight excluding hydrogens is 426 g/mol. The lowest BCUT2D eigenvalue weighted by Crippen LogP contribution is -2.30. The third-order valence-electron chi connectivity index (χ3n) is 6.42. The number of carbonyl (C=O) groups excluding carboxylic acids is 2. The number of methoxy groups -OCH3 is 1. The highest BCUT2D eigenvalue weighted by atomic mass is 16.5. The predicted molar refractivity (Wildman–Crippen MR) is 134 cm³/mol. The lowest BCUT2D eigenvalue weighted by atomic mass is 10.0. The van der Waals surface area contributed by atoms with Gasteiger partial charge in [0.15, 0.2) is 0 Å². The predicted octanol–water partition coefficient (Wildman–Crippen LogP) is 6.16. The third kappa shape index (κ3) is 3.98. The van der Waals surface area contributed by atoms with Gasteiger partial charge in [0.05, 0.1) is 24.8 Å². The van der Waals surface area contributed by atoms with Gasteiger partial charge < -0.3 is 9.47 Å². The summed E-state index contributed by atoms with van der Waals surface area (Å²) in [4.78, 5) is 26.4. The average Bonchev–Trinajstić information content (AvgIpc) is 3.10. The molecule has 5 nitrogen and oxygen atoms in total.